The lowest BCUT2D eigenvalue weighted by molar-refractivity contribution is 0.371. The zero-order valence-corrected chi connectivity index (χ0v) is 13.4. The number of allylic oxidation sites excluding steroid dienone is 2. The third-order valence-corrected chi connectivity index (χ3v) is 5.08. The number of methoxy groups -OCH3 is 1. The molecule has 0 spiro atoms. The van der Waals surface area contributed by atoms with Gasteiger partial charge in [0.15, 0.2) is 11.5 Å². The highest BCUT2D eigenvalue weighted by molar-refractivity contribution is 5.61. The summed E-state index contributed by atoms with van der Waals surface area (Å²) in [6, 6.07) is 12.5. The molecular weight excluding hydrogens is 286 g/mol. The Balaban J connectivity index is 1.76. The van der Waals surface area contributed by atoms with Crippen LogP contribution >= 0.6 is 0 Å². The molecule has 0 radical (unpaired) electrons. The van der Waals surface area contributed by atoms with Crippen molar-refractivity contribution in [3.05, 3.63) is 65.2 Å². The highest BCUT2D eigenvalue weighted by Crippen LogP contribution is 2.50. The second-order valence-corrected chi connectivity index (χ2v) is 6.50. The molecule has 2 aromatic carbocycles. The van der Waals surface area contributed by atoms with Gasteiger partial charge in [-0.05, 0) is 48.6 Å². The van der Waals surface area contributed by atoms with E-state index in [0.29, 0.717) is 17.6 Å². The molecule has 0 aromatic heterocycles. The van der Waals surface area contributed by atoms with Gasteiger partial charge in [0.1, 0.15) is 0 Å². The summed E-state index contributed by atoms with van der Waals surface area (Å²) in [6.07, 6.45) is 5.67. The highest BCUT2D eigenvalue weighted by Gasteiger charge is 2.38. The molecule has 3 heteroatoms. The van der Waals surface area contributed by atoms with E-state index in [9.17, 15) is 5.11 Å². The molecule has 2 aromatic rings. The molecule has 1 heterocycles. The van der Waals surface area contributed by atoms with Crippen molar-refractivity contribution in [1.82, 2.24) is 0 Å². The van der Waals surface area contributed by atoms with E-state index in [4.69, 9.17) is 4.74 Å². The molecule has 0 fully saturated rings. The SMILES string of the molecule is COc1ccc(C2Nc3ccc(C)cc3C3C=CCC32)cc1O. The Morgan fingerprint density at radius 3 is 2.83 bits per heavy atom. The van der Waals surface area contributed by atoms with Crippen molar-refractivity contribution in [1.29, 1.82) is 0 Å². The Bertz CT molecular complexity index is 781. The van der Waals surface area contributed by atoms with Crippen molar-refractivity contribution in [3.63, 3.8) is 0 Å². The maximum Gasteiger partial charge on any atom is 0.160 e. The molecule has 2 N–H and O–H groups in total. The van der Waals surface area contributed by atoms with Gasteiger partial charge in [-0.15, -0.1) is 0 Å². The summed E-state index contributed by atoms with van der Waals surface area (Å²) in [5, 5.41) is 13.8. The summed E-state index contributed by atoms with van der Waals surface area (Å²) in [4.78, 5) is 0. The van der Waals surface area contributed by atoms with E-state index in [1.165, 1.54) is 16.8 Å². The second-order valence-electron chi connectivity index (χ2n) is 6.50. The van der Waals surface area contributed by atoms with Crippen LogP contribution in [0.2, 0.25) is 0 Å². The molecule has 0 amide bonds. The minimum atomic E-state index is 0.196. The number of aryl methyl sites for hydroxylation is 1. The maximum absolute atomic E-state index is 10.1. The maximum atomic E-state index is 10.1. The van der Waals surface area contributed by atoms with Crippen LogP contribution in [0.25, 0.3) is 0 Å². The van der Waals surface area contributed by atoms with Crippen LogP contribution in [0.15, 0.2) is 48.6 Å². The molecule has 118 valence electrons. The van der Waals surface area contributed by atoms with Crippen LogP contribution in [0.3, 0.4) is 0 Å². The van der Waals surface area contributed by atoms with E-state index in [-0.39, 0.29) is 11.8 Å². The Kier molecular flexibility index (Phi) is 3.29. The average Bonchev–Trinajstić information content (AvgIpc) is 3.04. The van der Waals surface area contributed by atoms with Crippen molar-refractivity contribution in [2.45, 2.75) is 25.3 Å². The summed E-state index contributed by atoms with van der Waals surface area (Å²) < 4.78 is 5.16. The van der Waals surface area contributed by atoms with Gasteiger partial charge in [-0.2, -0.15) is 0 Å². The number of rotatable bonds is 2. The fourth-order valence-corrected chi connectivity index (χ4v) is 3.94. The van der Waals surface area contributed by atoms with Crippen LogP contribution < -0.4 is 10.1 Å². The first-order valence-corrected chi connectivity index (χ1v) is 8.08. The van der Waals surface area contributed by atoms with Crippen LogP contribution in [0.5, 0.6) is 11.5 Å². The summed E-state index contributed by atoms with van der Waals surface area (Å²) in [5.41, 5.74) is 4.99. The van der Waals surface area contributed by atoms with Crippen molar-refractivity contribution in [2.24, 2.45) is 5.92 Å². The van der Waals surface area contributed by atoms with E-state index >= 15 is 0 Å². The number of benzene rings is 2. The number of ether oxygens (including phenoxy) is 1. The van der Waals surface area contributed by atoms with Crippen LogP contribution in [0.1, 0.15) is 35.1 Å². The molecule has 0 saturated heterocycles. The number of hydrogen-bond donors (Lipinski definition) is 2. The molecular formula is C20H21NO2. The first-order chi connectivity index (χ1) is 11.2. The van der Waals surface area contributed by atoms with E-state index < -0.39 is 0 Å². The molecule has 3 nitrogen and oxygen atoms in total. The van der Waals surface area contributed by atoms with Gasteiger partial charge in [-0.25, -0.2) is 0 Å². The third-order valence-electron chi connectivity index (χ3n) is 5.08. The van der Waals surface area contributed by atoms with E-state index in [2.05, 4.69) is 42.6 Å². The standard InChI is InChI=1S/C20H21NO2/c1-12-6-8-17-16(10-12)14-4-3-5-15(14)20(21-17)13-7-9-19(23-2)18(22)11-13/h3-4,6-11,14-15,20-22H,5H2,1-2H3. The number of anilines is 1. The number of phenols is 1. The number of nitrogens with one attached hydrogen (secondary N) is 1. The molecule has 4 rings (SSSR count). The van der Waals surface area contributed by atoms with Gasteiger partial charge >= 0.3 is 0 Å². The minimum absolute atomic E-state index is 0.196. The van der Waals surface area contributed by atoms with Gasteiger partial charge in [0.25, 0.3) is 0 Å². The molecule has 3 atom stereocenters. The molecule has 3 unspecified atom stereocenters. The number of hydrogen-bond acceptors (Lipinski definition) is 3. The summed E-state index contributed by atoms with van der Waals surface area (Å²) >= 11 is 0. The lowest BCUT2D eigenvalue weighted by Gasteiger charge is -2.37. The molecule has 1 aliphatic heterocycles. The summed E-state index contributed by atoms with van der Waals surface area (Å²) in [6.45, 7) is 2.14. The minimum Gasteiger partial charge on any atom is -0.504 e. The van der Waals surface area contributed by atoms with Crippen LogP contribution in [0.4, 0.5) is 5.69 Å². The average molecular weight is 307 g/mol. The topological polar surface area (TPSA) is 41.5 Å². The fourth-order valence-electron chi connectivity index (χ4n) is 3.94. The first kappa shape index (κ1) is 14.2. The Hall–Kier alpha value is -2.42. The van der Waals surface area contributed by atoms with Gasteiger partial charge in [-0.3, -0.25) is 0 Å². The smallest absolute Gasteiger partial charge is 0.160 e. The molecule has 1 aliphatic carbocycles. The molecule has 23 heavy (non-hydrogen) atoms. The van der Waals surface area contributed by atoms with Gasteiger partial charge in [0.05, 0.1) is 13.2 Å². The zero-order chi connectivity index (χ0) is 16.0. The van der Waals surface area contributed by atoms with E-state index in [1.807, 2.05) is 18.2 Å². The van der Waals surface area contributed by atoms with Gasteiger partial charge in [0, 0.05) is 11.6 Å². The van der Waals surface area contributed by atoms with Crippen molar-refractivity contribution in [3.8, 4) is 11.5 Å². The third kappa shape index (κ3) is 2.27. The lowest BCUT2D eigenvalue weighted by Crippen LogP contribution is -2.29. The quantitative estimate of drug-likeness (QED) is 0.801. The Labute approximate surface area is 136 Å². The number of fused-ring (bicyclic) bond motifs is 3. The van der Waals surface area contributed by atoms with E-state index in [0.717, 1.165) is 12.0 Å². The highest BCUT2D eigenvalue weighted by atomic mass is 16.5. The predicted molar refractivity (Wildman–Crippen MR) is 92.2 cm³/mol. The van der Waals surface area contributed by atoms with E-state index in [1.54, 1.807) is 7.11 Å². The van der Waals surface area contributed by atoms with Crippen LogP contribution in [0, 0.1) is 12.8 Å². The fraction of sp³-hybridized carbons (Fsp3) is 0.300. The molecule has 2 aliphatic rings. The Morgan fingerprint density at radius 1 is 1.17 bits per heavy atom. The van der Waals surface area contributed by atoms with Crippen LogP contribution in [-0.2, 0) is 0 Å². The number of aromatic hydroxyl groups is 1. The largest absolute Gasteiger partial charge is 0.504 e. The number of phenolic OH excluding ortho intramolecular Hbond substituents is 1. The first-order valence-electron chi connectivity index (χ1n) is 8.08. The Morgan fingerprint density at radius 2 is 2.04 bits per heavy atom. The zero-order valence-electron chi connectivity index (χ0n) is 13.4. The normalized spacial score (nSPS) is 24.7. The van der Waals surface area contributed by atoms with Crippen molar-refractivity contribution in [2.75, 3.05) is 12.4 Å². The lowest BCUT2D eigenvalue weighted by atomic mass is 9.76. The van der Waals surface area contributed by atoms with Crippen molar-refractivity contribution >= 4 is 5.69 Å². The molecule has 0 bridgehead atoms. The monoisotopic (exact) mass is 307 g/mol. The summed E-state index contributed by atoms with van der Waals surface area (Å²) in [7, 11) is 1.57. The van der Waals surface area contributed by atoms with Gasteiger partial charge in [-0.1, -0.05) is 35.9 Å². The molecule has 0 saturated carbocycles. The van der Waals surface area contributed by atoms with Gasteiger partial charge < -0.3 is 15.2 Å². The van der Waals surface area contributed by atoms with Gasteiger partial charge in [0.2, 0.25) is 0 Å². The summed E-state index contributed by atoms with van der Waals surface area (Å²) in [5.74, 6) is 1.64. The predicted octanol–water partition coefficient (Wildman–Crippen LogP) is 4.54. The van der Waals surface area contributed by atoms with Crippen LogP contribution in [-0.4, -0.2) is 12.2 Å². The second kappa shape index (κ2) is 5.34. The van der Waals surface area contributed by atoms with Crippen molar-refractivity contribution < 1.29 is 9.84 Å².